The van der Waals surface area contributed by atoms with E-state index in [0.717, 1.165) is 58.5 Å². The zero-order valence-electron chi connectivity index (χ0n) is 19.4. The van der Waals surface area contributed by atoms with Crippen LogP contribution in [-0.2, 0) is 0 Å². The summed E-state index contributed by atoms with van der Waals surface area (Å²) in [5, 5.41) is 4.81. The van der Waals surface area contributed by atoms with Crippen LogP contribution in [0.4, 0.5) is 0 Å². The highest BCUT2D eigenvalue weighted by atomic mass is 32.2. The lowest BCUT2D eigenvalue weighted by Crippen LogP contribution is -2.03. The summed E-state index contributed by atoms with van der Waals surface area (Å²) in [4.78, 5) is 0. The summed E-state index contributed by atoms with van der Waals surface area (Å²) in [6.45, 7) is 5.64. The molecule has 1 aliphatic heterocycles. The minimum absolute atomic E-state index is 0.695. The Hall–Kier alpha value is -2.56. The number of hydrogen-bond donors (Lipinski definition) is 0. The lowest BCUT2D eigenvalue weighted by atomic mass is 9.92. The number of thioether (sulfide) groups is 2. The summed E-state index contributed by atoms with van der Waals surface area (Å²) in [6, 6.07) is 25.7. The van der Waals surface area contributed by atoms with Crippen LogP contribution in [0.1, 0.15) is 12.8 Å². The number of fused-ring (bicyclic) bond motifs is 7. The van der Waals surface area contributed by atoms with Crippen LogP contribution in [0.5, 0.6) is 11.5 Å². The van der Waals surface area contributed by atoms with Crippen molar-refractivity contribution in [3.8, 4) is 22.6 Å². The van der Waals surface area contributed by atoms with Gasteiger partial charge in [0.25, 0.3) is 0 Å². The molecule has 0 aromatic heterocycles. The smallest absolute Gasteiger partial charge is 0.127 e. The standard InChI is InChI=1S/C30H30O2S2/c1-22-20-33-18-6-16-31-27-14-12-23-8-2-4-10-25(23)29(27)30-26-11-5-3-9-24(26)13-15-28(30)32-17-7-19-34-21-22/h2-5,8-15H,1,6-7,16-21H2. The predicted octanol–water partition coefficient (Wildman–Crippen LogP) is 8.23. The monoisotopic (exact) mass is 486 g/mol. The van der Waals surface area contributed by atoms with Crippen LogP contribution in [0, 0.1) is 0 Å². The molecular weight excluding hydrogens is 456 g/mol. The molecule has 4 aromatic carbocycles. The topological polar surface area (TPSA) is 18.5 Å². The van der Waals surface area contributed by atoms with E-state index in [9.17, 15) is 0 Å². The third-order valence-corrected chi connectivity index (χ3v) is 8.40. The molecule has 0 unspecified atom stereocenters. The summed E-state index contributed by atoms with van der Waals surface area (Å²) < 4.78 is 12.9. The van der Waals surface area contributed by atoms with Crippen molar-refractivity contribution in [2.24, 2.45) is 0 Å². The minimum Gasteiger partial charge on any atom is -0.493 e. The highest BCUT2D eigenvalue weighted by molar-refractivity contribution is 8.00. The molecule has 4 heteroatoms. The second kappa shape index (κ2) is 11.2. The van der Waals surface area contributed by atoms with E-state index in [0.29, 0.717) is 13.2 Å². The Labute approximate surface area is 210 Å². The Morgan fingerprint density at radius 1 is 0.588 bits per heavy atom. The van der Waals surface area contributed by atoms with Gasteiger partial charge in [0.1, 0.15) is 11.5 Å². The molecule has 34 heavy (non-hydrogen) atoms. The van der Waals surface area contributed by atoms with Gasteiger partial charge < -0.3 is 9.47 Å². The van der Waals surface area contributed by atoms with Crippen LogP contribution in [0.3, 0.4) is 0 Å². The SMILES string of the molecule is C=C1CSCCCOc2ccc3ccccc3c2-c2c(ccc3ccccc23)OCCCSC1. The third-order valence-electron chi connectivity index (χ3n) is 6.03. The molecule has 1 aliphatic rings. The molecule has 0 amide bonds. The van der Waals surface area contributed by atoms with Gasteiger partial charge in [-0.15, -0.1) is 0 Å². The average Bonchev–Trinajstić information content (AvgIpc) is 2.87. The molecular formula is C30H30O2S2. The van der Waals surface area contributed by atoms with Crippen molar-refractivity contribution in [1.29, 1.82) is 0 Å². The lowest BCUT2D eigenvalue weighted by Gasteiger charge is -2.19. The highest BCUT2D eigenvalue weighted by Gasteiger charge is 2.19. The first-order chi connectivity index (χ1) is 16.8. The molecule has 0 atom stereocenters. The third kappa shape index (κ3) is 5.24. The Kier molecular flexibility index (Phi) is 7.67. The van der Waals surface area contributed by atoms with Gasteiger partial charge in [-0.2, -0.15) is 23.5 Å². The first-order valence-electron chi connectivity index (χ1n) is 11.9. The number of ether oxygens (including phenoxy) is 2. The van der Waals surface area contributed by atoms with Crippen LogP contribution in [0.25, 0.3) is 32.7 Å². The van der Waals surface area contributed by atoms with Gasteiger partial charge in [-0.1, -0.05) is 72.8 Å². The molecule has 0 N–H and O–H groups in total. The zero-order chi connectivity index (χ0) is 23.2. The van der Waals surface area contributed by atoms with Gasteiger partial charge in [0.15, 0.2) is 0 Å². The number of rotatable bonds is 0. The van der Waals surface area contributed by atoms with Crippen LogP contribution in [0.2, 0.25) is 0 Å². The number of benzene rings is 4. The van der Waals surface area contributed by atoms with Crippen LogP contribution in [-0.4, -0.2) is 36.2 Å². The van der Waals surface area contributed by atoms with E-state index in [1.54, 1.807) is 0 Å². The van der Waals surface area contributed by atoms with Crippen molar-refractivity contribution in [2.75, 3.05) is 36.2 Å². The van der Waals surface area contributed by atoms with Crippen molar-refractivity contribution in [3.05, 3.63) is 84.9 Å². The van der Waals surface area contributed by atoms with Gasteiger partial charge in [0, 0.05) is 22.6 Å². The van der Waals surface area contributed by atoms with Gasteiger partial charge >= 0.3 is 0 Å². The van der Waals surface area contributed by atoms with E-state index in [4.69, 9.17) is 9.47 Å². The average molecular weight is 487 g/mol. The zero-order valence-corrected chi connectivity index (χ0v) is 21.1. The van der Waals surface area contributed by atoms with Crippen molar-refractivity contribution in [3.63, 3.8) is 0 Å². The molecule has 1 heterocycles. The second-order valence-corrected chi connectivity index (χ2v) is 10.8. The molecule has 0 radical (unpaired) electrons. The molecule has 0 bridgehead atoms. The number of hydrogen-bond acceptors (Lipinski definition) is 4. The molecule has 2 nitrogen and oxygen atoms in total. The fraction of sp³-hybridized carbons (Fsp3) is 0.267. The van der Waals surface area contributed by atoms with E-state index in [-0.39, 0.29) is 0 Å². The van der Waals surface area contributed by atoms with E-state index >= 15 is 0 Å². The largest absolute Gasteiger partial charge is 0.493 e. The van der Waals surface area contributed by atoms with Crippen molar-refractivity contribution in [2.45, 2.75) is 12.8 Å². The van der Waals surface area contributed by atoms with Gasteiger partial charge in [0.05, 0.1) is 13.2 Å². The predicted molar refractivity (Wildman–Crippen MR) is 151 cm³/mol. The maximum atomic E-state index is 6.46. The fourth-order valence-electron chi connectivity index (χ4n) is 4.42. The molecule has 0 aliphatic carbocycles. The van der Waals surface area contributed by atoms with Crippen LogP contribution in [0.15, 0.2) is 84.9 Å². The van der Waals surface area contributed by atoms with E-state index < -0.39 is 0 Å². The van der Waals surface area contributed by atoms with Gasteiger partial charge in [0.2, 0.25) is 0 Å². The van der Waals surface area contributed by atoms with Crippen LogP contribution >= 0.6 is 23.5 Å². The first-order valence-corrected chi connectivity index (χ1v) is 14.2. The second-order valence-electron chi connectivity index (χ2n) is 8.58. The molecule has 174 valence electrons. The Morgan fingerprint density at radius 3 is 1.56 bits per heavy atom. The summed E-state index contributed by atoms with van der Waals surface area (Å²) in [6.07, 6.45) is 2.02. The van der Waals surface area contributed by atoms with Crippen molar-refractivity contribution >= 4 is 45.1 Å². The van der Waals surface area contributed by atoms with Crippen LogP contribution < -0.4 is 9.47 Å². The Morgan fingerprint density at radius 2 is 1.06 bits per heavy atom. The summed E-state index contributed by atoms with van der Waals surface area (Å²) in [5.41, 5.74) is 3.57. The summed E-state index contributed by atoms with van der Waals surface area (Å²) >= 11 is 3.92. The normalized spacial score (nSPS) is 16.2. The van der Waals surface area contributed by atoms with Crippen molar-refractivity contribution < 1.29 is 9.47 Å². The lowest BCUT2D eigenvalue weighted by molar-refractivity contribution is 0.316. The molecule has 0 saturated heterocycles. The molecule has 4 aromatic rings. The fourth-order valence-corrected chi connectivity index (χ4v) is 6.26. The first kappa shape index (κ1) is 23.2. The van der Waals surface area contributed by atoms with E-state index in [1.165, 1.54) is 27.1 Å². The Bertz CT molecular complexity index is 1200. The highest BCUT2D eigenvalue weighted by Crippen LogP contribution is 2.45. The molecule has 5 rings (SSSR count). The molecule has 0 saturated carbocycles. The van der Waals surface area contributed by atoms with E-state index in [1.807, 2.05) is 23.5 Å². The van der Waals surface area contributed by atoms with E-state index in [2.05, 4.69) is 79.4 Å². The molecule has 0 spiro atoms. The van der Waals surface area contributed by atoms with Crippen molar-refractivity contribution in [1.82, 2.24) is 0 Å². The van der Waals surface area contributed by atoms with Gasteiger partial charge in [-0.3, -0.25) is 0 Å². The van der Waals surface area contributed by atoms with Gasteiger partial charge in [-0.05, 0) is 58.0 Å². The summed E-state index contributed by atoms with van der Waals surface area (Å²) in [7, 11) is 0. The maximum absolute atomic E-state index is 6.46. The Balaban J connectivity index is 1.63. The maximum Gasteiger partial charge on any atom is 0.127 e. The minimum atomic E-state index is 0.695. The summed E-state index contributed by atoms with van der Waals surface area (Å²) in [5.74, 6) is 6.07. The van der Waals surface area contributed by atoms with Gasteiger partial charge in [-0.25, -0.2) is 0 Å². The molecule has 0 fully saturated rings. The quantitative estimate of drug-likeness (QED) is 0.233.